The van der Waals surface area contributed by atoms with Gasteiger partial charge in [0.15, 0.2) is 5.96 Å². The molecular formula is C15H23F3N4O2. The Hall–Kier alpha value is -2.03. The molecule has 136 valence electrons. The third kappa shape index (κ3) is 7.49. The van der Waals surface area contributed by atoms with Gasteiger partial charge < -0.3 is 20.1 Å². The molecule has 9 heteroatoms. The zero-order chi connectivity index (χ0) is 17.8. The minimum atomic E-state index is -4.49. The van der Waals surface area contributed by atoms with Gasteiger partial charge in [0.05, 0.1) is 6.54 Å². The van der Waals surface area contributed by atoms with Gasteiger partial charge in [0.25, 0.3) is 0 Å². The summed E-state index contributed by atoms with van der Waals surface area (Å²) in [6.45, 7) is 4.26. The summed E-state index contributed by atoms with van der Waals surface area (Å²) >= 11 is 0. The van der Waals surface area contributed by atoms with Crippen molar-refractivity contribution in [2.45, 2.75) is 19.5 Å². The van der Waals surface area contributed by atoms with Crippen molar-refractivity contribution in [1.82, 2.24) is 15.6 Å². The van der Waals surface area contributed by atoms with Crippen LogP contribution in [0.25, 0.3) is 0 Å². The maximum Gasteiger partial charge on any atom is 0.421 e. The van der Waals surface area contributed by atoms with Crippen molar-refractivity contribution in [3.8, 4) is 5.88 Å². The van der Waals surface area contributed by atoms with Gasteiger partial charge in [-0.1, -0.05) is 0 Å². The number of rotatable bonds is 9. The summed E-state index contributed by atoms with van der Waals surface area (Å²) in [7, 11) is 1.61. The average Bonchev–Trinajstić information content (AvgIpc) is 2.56. The van der Waals surface area contributed by atoms with Crippen LogP contribution in [0, 0.1) is 0 Å². The number of ether oxygens (including phenoxy) is 2. The lowest BCUT2D eigenvalue weighted by molar-refractivity contribution is -0.139. The number of hydrogen-bond acceptors (Lipinski definition) is 4. The largest absolute Gasteiger partial charge is 0.475 e. The Morgan fingerprint density at radius 2 is 2.00 bits per heavy atom. The van der Waals surface area contributed by atoms with Crippen LogP contribution in [0.2, 0.25) is 0 Å². The van der Waals surface area contributed by atoms with Gasteiger partial charge in [-0.25, -0.2) is 4.98 Å². The number of hydrogen-bond donors (Lipinski definition) is 2. The normalized spacial score (nSPS) is 12.1. The molecule has 0 aliphatic heterocycles. The Morgan fingerprint density at radius 1 is 1.25 bits per heavy atom. The van der Waals surface area contributed by atoms with E-state index in [1.54, 1.807) is 7.05 Å². The first-order valence-corrected chi connectivity index (χ1v) is 7.66. The molecule has 0 fully saturated rings. The number of pyridine rings is 1. The molecule has 0 atom stereocenters. The van der Waals surface area contributed by atoms with E-state index in [1.807, 2.05) is 6.92 Å². The van der Waals surface area contributed by atoms with Crippen LogP contribution >= 0.6 is 0 Å². The highest BCUT2D eigenvalue weighted by Crippen LogP contribution is 2.34. The molecule has 1 heterocycles. The SMILES string of the molecule is CCOCCCNC(=NC)NCCOc1ncccc1C(F)(F)F. The summed E-state index contributed by atoms with van der Waals surface area (Å²) in [5.74, 6) is 0.124. The van der Waals surface area contributed by atoms with E-state index in [4.69, 9.17) is 9.47 Å². The van der Waals surface area contributed by atoms with Crippen molar-refractivity contribution >= 4 is 5.96 Å². The molecule has 2 N–H and O–H groups in total. The Morgan fingerprint density at radius 3 is 2.67 bits per heavy atom. The highest BCUT2D eigenvalue weighted by Gasteiger charge is 2.34. The molecule has 0 aliphatic rings. The van der Waals surface area contributed by atoms with Crippen LogP contribution in [0.5, 0.6) is 5.88 Å². The van der Waals surface area contributed by atoms with Crippen LogP contribution in [-0.4, -0.2) is 50.9 Å². The van der Waals surface area contributed by atoms with E-state index in [9.17, 15) is 13.2 Å². The van der Waals surface area contributed by atoms with Crippen molar-refractivity contribution in [2.24, 2.45) is 4.99 Å². The lowest BCUT2D eigenvalue weighted by Gasteiger charge is -2.14. The molecule has 1 rings (SSSR count). The zero-order valence-corrected chi connectivity index (χ0v) is 13.8. The van der Waals surface area contributed by atoms with E-state index in [-0.39, 0.29) is 6.61 Å². The maximum atomic E-state index is 12.8. The van der Waals surface area contributed by atoms with Crippen LogP contribution in [-0.2, 0) is 10.9 Å². The summed E-state index contributed by atoms with van der Waals surface area (Å²) in [5.41, 5.74) is -0.886. The molecule has 0 aromatic carbocycles. The van der Waals surface area contributed by atoms with Crippen LogP contribution < -0.4 is 15.4 Å². The number of alkyl halides is 3. The Balaban J connectivity index is 2.32. The second-order valence-corrected chi connectivity index (χ2v) is 4.68. The smallest absolute Gasteiger partial charge is 0.421 e. The summed E-state index contributed by atoms with van der Waals surface area (Å²) in [6.07, 6.45) is -2.40. The first-order valence-electron chi connectivity index (χ1n) is 7.66. The van der Waals surface area contributed by atoms with Crippen molar-refractivity contribution in [1.29, 1.82) is 0 Å². The number of halogens is 3. The number of nitrogens with zero attached hydrogens (tertiary/aromatic N) is 2. The number of nitrogens with one attached hydrogen (secondary N) is 2. The molecular weight excluding hydrogens is 325 g/mol. The first-order chi connectivity index (χ1) is 11.5. The maximum absolute atomic E-state index is 12.8. The van der Waals surface area contributed by atoms with Gasteiger partial charge in [-0.15, -0.1) is 0 Å². The Bertz CT molecular complexity index is 510. The molecule has 0 saturated heterocycles. The van der Waals surface area contributed by atoms with E-state index in [0.29, 0.717) is 32.3 Å². The second kappa shape index (κ2) is 10.7. The Kier molecular flexibility index (Phi) is 8.92. The average molecular weight is 348 g/mol. The second-order valence-electron chi connectivity index (χ2n) is 4.68. The molecule has 0 radical (unpaired) electrons. The minimum absolute atomic E-state index is 0.0275. The first kappa shape index (κ1) is 20.0. The van der Waals surface area contributed by atoms with Gasteiger partial charge in [-0.2, -0.15) is 13.2 Å². The van der Waals surface area contributed by atoms with Crippen LogP contribution in [0.4, 0.5) is 13.2 Å². The van der Waals surface area contributed by atoms with Gasteiger partial charge in [-0.05, 0) is 25.5 Å². The van der Waals surface area contributed by atoms with E-state index in [0.717, 1.165) is 12.5 Å². The highest BCUT2D eigenvalue weighted by atomic mass is 19.4. The van der Waals surface area contributed by atoms with Gasteiger partial charge in [0, 0.05) is 33.0 Å². The van der Waals surface area contributed by atoms with Gasteiger partial charge in [0.2, 0.25) is 5.88 Å². The topological polar surface area (TPSA) is 67.8 Å². The standard InChI is InChI=1S/C15H23F3N4O2/c1-3-23-10-5-8-21-14(19-2)22-9-11-24-13-12(15(16,17)18)6-4-7-20-13/h4,6-7H,3,5,8-11H2,1-2H3,(H2,19,21,22). The molecule has 0 unspecified atom stereocenters. The fourth-order valence-electron chi connectivity index (χ4n) is 1.78. The van der Waals surface area contributed by atoms with Crippen molar-refractivity contribution in [3.05, 3.63) is 23.9 Å². The van der Waals surface area contributed by atoms with E-state index >= 15 is 0 Å². The number of aromatic nitrogens is 1. The van der Waals surface area contributed by atoms with Gasteiger partial charge in [-0.3, -0.25) is 4.99 Å². The molecule has 24 heavy (non-hydrogen) atoms. The predicted molar refractivity (Wildman–Crippen MR) is 85.2 cm³/mol. The van der Waals surface area contributed by atoms with Gasteiger partial charge >= 0.3 is 6.18 Å². The van der Waals surface area contributed by atoms with E-state index in [2.05, 4.69) is 20.6 Å². The van der Waals surface area contributed by atoms with Gasteiger partial charge in [0.1, 0.15) is 12.2 Å². The molecule has 0 aliphatic carbocycles. The molecule has 1 aromatic heterocycles. The molecule has 6 nitrogen and oxygen atoms in total. The van der Waals surface area contributed by atoms with Crippen LogP contribution in [0.15, 0.2) is 23.3 Å². The third-order valence-electron chi connectivity index (χ3n) is 2.90. The monoisotopic (exact) mass is 348 g/mol. The summed E-state index contributed by atoms with van der Waals surface area (Å²) < 4.78 is 48.7. The van der Waals surface area contributed by atoms with E-state index in [1.165, 1.54) is 12.3 Å². The highest BCUT2D eigenvalue weighted by molar-refractivity contribution is 5.79. The zero-order valence-electron chi connectivity index (χ0n) is 13.8. The van der Waals surface area contributed by atoms with Crippen LogP contribution in [0.1, 0.15) is 18.9 Å². The summed E-state index contributed by atoms with van der Waals surface area (Å²) in [6, 6.07) is 2.16. The molecule has 1 aromatic rings. The molecule has 0 saturated carbocycles. The third-order valence-corrected chi connectivity index (χ3v) is 2.90. The fraction of sp³-hybridized carbons (Fsp3) is 0.600. The van der Waals surface area contributed by atoms with Crippen LogP contribution in [0.3, 0.4) is 0 Å². The fourth-order valence-corrected chi connectivity index (χ4v) is 1.78. The lowest BCUT2D eigenvalue weighted by Crippen LogP contribution is -2.40. The van der Waals surface area contributed by atoms with Crippen molar-refractivity contribution < 1.29 is 22.6 Å². The summed E-state index contributed by atoms with van der Waals surface area (Å²) in [4.78, 5) is 7.64. The molecule has 0 spiro atoms. The number of guanidine groups is 1. The molecule has 0 amide bonds. The Labute approximate surface area is 139 Å². The minimum Gasteiger partial charge on any atom is -0.475 e. The van der Waals surface area contributed by atoms with E-state index < -0.39 is 17.6 Å². The van der Waals surface area contributed by atoms with Crippen molar-refractivity contribution in [3.63, 3.8) is 0 Å². The van der Waals surface area contributed by atoms with Crippen molar-refractivity contribution in [2.75, 3.05) is 40.0 Å². The summed E-state index contributed by atoms with van der Waals surface area (Å²) in [5, 5.41) is 6.02. The lowest BCUT2D eigenvalue weighted by atomic mass is 10.2. The quantitative estimate of drug-likeness (QED) is 0.406. The predicted octanol–water partition coefficient (Wildman–Crippen LogP) is 2.07. The molecule has 0 bridgehead atoms. The number of aliphatic imine (C=N–C) groups is 1.